The van der Waals surface area contributed by atoms with E-state index in [2.05, 4.69) is 5.11 Å². The van der Waals surface area contributed by atoms with Gasteiger partial charge in [0.15, 0.2) is 0 Å². The van der Waals surface area contributed by atoms with E-state index in [1.54, 1.807) is 0 Å². The van der Waals surface area contributed by atoms with Gasteiger partial charge in [-0.25, -0.2) is 5.53 Å². The molecule has 3 N–H and O–H groups in total. The van der Waals surface area contributed by atoms with Crippen molar-refractivity contribution in [2.75, 3.05) is 0 Å². The van der Waals surface area contributed by atoms with Crippen LogP contribution in [0.5, 0.6) is 5.75 Å². The zero-order valence-corrected chi connectivity index (χ0v) is 14.6. The molecule has 0 aliphatic heterocycles. The molecule has 4 nitrogen and oxygen atoms in total. The van der Waals surface area contributed by atoms with E-state index < -0.39 is 24.1 Å². The Kier molecular flexibility index (Phi) is 8.67. The Balaban J connectivity index is 0.00000254. The largest absolute Gasteiger partial charge is 0.507 e. The van der Waals surface area contributed by atoms with Crippen molar-refractivity contribution in [3.05, 3.63) is 34.4 Å². The van der Waals surface area contributed by atoms with Crippen molar-refractivity contribution < 1.29 is 23.4 Å². The van der Waals surface area contributed by atoms with Gasteiger partial charge in [0.1, 0.15) is 5.75 Å². The summed E-state index contributed by atoms with van der Waals surface area (Å²) in [4.78, 5) is 0. The van der Waals surface area contributed by atoms with E-state index in [0.717, 1.165) is 11.6 Å². The number of aliphatic hydroxyl groups excluding tert-OH is 1. The van der Waals surface area contributed by atoms with Crippen LogP contribution in [0.15, 0.2) is 22.8 Å². The van der Waals surface area contributed by atoms with Crippen molar-refractivity contribution >= 4 is 5.70 Å². The summed E-state index contributed by atoms with van der Waals surface area (Å²) in [7, 11) is 0. The monoisotopic (exact) mass is 346 g/mol. The van der Waals surface area contributed by atoms with Gasteiger partial charge >= 0.3 is 6.18 Å². The quantitative estimate of drug-likeness (QED) is 0.595. The molecule has 0 heterocycles. The molecule has 0 aromatic heterocycles. The van der Waals surface area contributed by atoms with Crippen molar-refractivity contribution in [3.63, 3.8) is 0 Å². The summed E-state index contributed by atoms with van der Waals surface area (Å²) in [5.41, 5.74) is 6.97. The Morgan fingerprint density at radius 1 is 1.25 bits per heavy atom. The van der Waals surface area contributed by atoms with Crippen LogP contribution in [0.25, 0.3) is 5.70 Å². The number of phenols is 1. The highest BCUT2D eigenvalue weighted by Crippen LogP contribution is 2.40. The number of rotatable bonds is 5. The van der Waals surface area contributed by atoms with E-state index >= 15 is 0 Å². The summed E-state index contributed by atoms with van der Waals surface area (Å²) in [5, 5.41) is 22.8. The summed E-state index contributed by atoms with van der Waals surface area (Å²) in [6.45, 7) is 8.87. The van der Waals surface area contributed by atoms with Gasteiger partial charge in [-0.15, -0.1) is 0 Å². The number of benzene rings is 1. The first-order valence-electron chi connectivity index (χ1n) is 7.82. The first kappa shape index (κ1) is 22.1. The number of phenolic OH excluding ortho intramolecular Hbond substituents is 1. The fourth-order valence-electron chi connectivity index (χ4n) is 2.38. The maximum absolute atomic E-state index is 12.8. The predicted octanol–water partition coefficient (Wildman–Crippen LogP) is 5.74. The van der Waals surface area contributed by atoms with Gasteiger partial charge in [0.2, 0.25) is 0 Å². The molecule has 136 valence electrons. The van der Waals surface area contributed by atoms with Gasteiger partial charge in [-0.1, -0.05) is 34.6 Å². The van der Waals surface area contributed by atoms with E-state index in [1.165, 1.54) is 0 Å². The lowest BCUT2D eigenvalue weighted by molar-refractivity contribution is -0.137. The van der Waals surface area contributed by atoms with Crippen molar-refractivity contribution in [2.24, 2.45) is 11.0 Å². The van der Waals surface area contributed by atoms with Crippen LogP contribution in [0.1, 0.15) is 57.7 Å². The van der Waals surface area contributed by atoms with Crippen LogP contribution >= 0.6 is 0 Å². The third-order valence-corrected chi connectivity index (χ3v) is 3.43. The van der Waals surface area contributed by atoms with Crippen molar-refractivity contribution in [1.82, 2.24) is 0 Å². The van der Waals surface area contributed by atoms with Gasteiger partial charge < -0.3 is 10.2 Å². The number of alkyl halides is 3. The maximum atomic E-state index is 12.8. The molecular formula is C17H25F3N2O2. The lowest BCUT2D eigenvalue weighted by Crippen LogP contribution is -2.08. The fraction of sp³-hybridized carbons (Fsp3) is 0.529. The van der Waals surface area contributed by atoms with Crippen LogP contribution < -0.4 is 0 Å². The minimum atomic E-state index is -4.63. The van der Waals surface area contributed by atoms with E-state index in [1.807, 2.05) is 34.6 Å². The number of allylic oxidation sites excluding steroid dienone is 1. The second kappa shape index (κ2) is 9.42. The fourth-order valence-corrected chi connectivity index (χ4v) is 2.38. The zero-order chi connectivity index (χ0) is 19.1. The van der Waals surface area contributed by atoms with Gasteiger partial charge in [0, 0.05) is 5.56 Å². The number of nitrogens with zero attached hydrogens (tertiary/aromatic N) is 1. The van der Waals surface area contributed by atoms with Crippen LogP contribution in [-0.2, 0) is 12.8 Å². The van der Waals surface area contributed by atoms with Crippen LogP contribution in [0, 0.1) is 11.4 Å². The smallest absolute Gasteiger partial charge is 0.416 e. The van der Waals surface area contributed by atoms with Crippen LogP contribution in [0.2, 0.25) is 0 Å². The molecular weight excluding hydrogens is 321 g/mol. The SMILES string of the molecule is CC.CC/C(=C(/N=N)c1c(O)cc(C(F)(F)F)cc1CO)C(C)C. The van der Waals surface area contributed by atoms with Crippen LogP contribution in [0.3, 0.4) is 0 Å². The number of nitrogens with one attached hydrogen (secondary N) is 1. The molecule has 0 aliphatic rings. The molecule has 0 saturated heterocycles. The number of aromatic hydroxyl groups is 1. The second-order valence-corrected chi connectivity index (χ2v) is 5.18. The number of hydrogen-bond donors (Lipinski definition) is 3. The Hall–Kier alpha value is -1.89. The first-order valence-corrected chi connectivity index (χ1v) is 7.82. The Bertz CT molecular complexity index is 594. The molecule has 0 atom stereocenters. The summed E-state index contributed by atoms with van der Waals surface area (Å²) in [6.07, 6.45) is -4.10. The normalized spacial score (nSPS) is 12.4. The van der Waals surface area contributed by atoms with Crippen molar-refractivity contribution in [2.45, 2.75) is 53.8 Å². The molecule has 0 saturated carbocycles. The average molecular weight is 346 g/mol. The van der Waals surface area contributed by atoms with E-state index in [4.69, 9.17) is 5.53 Å². The summed E-state index contributed by atoms with van der Waals surface area (Å²) >= 11 is 0. The zero-order valence-electron chi connectivity index (χ0n) is 14.6. The van der Waals surface area contributed by atoms with Crippen molar-refractivity contribution in [3.8, 4) is 5.75 Å². The summed E-state index contributed by atoms with van der Waals surface area (Å²) in [5.74, 6) is -0.640. The minimum Gasteiger partial charge on any atom is -0.507 e. The lowest BCUT2D eigenvalue weighted by Gasteiger charge is -2.18. The minimum absolute atomic E-state index is 0.00216. The van der Waals surface area contributed by atoms with E-state index in [-0.39, 0.29) is 22.7 Å². The Labute approximate surface area is 140 Å². The standard InChI is InChI=1S/C15H19F3N2O2.C2H6/c1-4-11(8(2)3)14(20-19)13-9(7-21)5-10(6-12(13)22)15(16,17)18;1-2/h5-6,8,19,21-22H,4,7H2,1-3H3;1-2H3/b14-11-,20-19?;. The third-order valence-electron chi connectivity index (χ3n) is 3.43. The first-order chi connectivity index (χ1) is 11.2. The van der Waals surface area contributed by atoms with Gasteiger partial charge in [0.05, 0.1) is 17.9 Å². The average Bonchev–Trinajstić information content (AvgIpc) is 2.52. The summed E-state index contributed by atoms with van der Waals surface area (Å²) in [6, 6.07) is 1.36. The summed E-state index contributed by atoms with van der Waals surface area (Å²) < 4.78 is 38.4. The maximum Gasteiger partial charge on any atom is 0.416 e. The Morgan fingerprint density at radius 2 is 1.79 bits per heavy atom. The predicted molar refractivity (Wildman–Crippen MR) is 87.6 cm³/mol. The molecule has 0 spiro atoms. The highest BCUT2D eigenvalue weighted by molar-refractivity contribution is 5.75. The van der Waals surface area contributed by atoms with Crippen LogP contribution in [0.4, 0.5) is 13.2 Å². The Morgan fingerprint density at radius 3 is 2.12 bits per heavy atom. The van der Waals surface area contributed by atoms with Gasteiger partial charge in [0.25, 0.3) is 0 Å². The number of halogens is 3. The molecule has 1 aromatic carbocycles. The highest BCUT2D eigenvalue weighted by atomic mass is 19.4. The third kappa shape index (κ3) is 5.06. The number of aliphatic hydroxyl groups is 1. The van der Waals surface area contributed by atoms with E-state index in [0.29, 0.717) is 12.5 Å². The molecule has 0 unspecified atom stereocenters. The molecule has 0 aliphatic carbocycles. The van der Waals surface area contributed by atoms with Crippen LogP contribution in [-0.4, -0.2) is 10.2 Å². The molecule has 0 fully saturated rings. The topological polar surface area (TPSA) is 76.7 Å². The number of hydrogen-bond acceptors (Lipinski definition) is 4. The molecule has 24 heavy (non-hydrogen) atoms. The van der Waals surface area contributed by atoms with Crippen molar-refractivity contribution in [1.29, 1.82) is 5.53 Å². The molecule has 0 amide bonds. The van der Waals surface area contributed by atoms with Gasteiger partial charge in [-0.2, -0.15) is 18.3 Å². The van der Waals surface area contributed by atoms with Gasteiger partial charge in [-0.3, -0.25) is 0 Å². The van der Waals surface area contributed by atoms with E-state index in [9.17, 15) is 23.4 Å². The highest BCUT2D eigenvalue weighted by Gasteiger charge is 2.33. The molecule has 0 bridgehead atoms. The molecule has 0 radical (unpaired) electrons. The molecule has 1 rings (SSSR count). The second-order valence-electron chi connectivity index (χ2n) is 5.18. The van der Waals surface area contributed by atoms with Gasteiger partial charge in [-0.05, 0) is 35.6 Å². The lowest BCUT2D eigenvalue weighted by atomic mass is 9.91. The molecule has 1 aromatic rings. The molecule has 7 heteroatoms.